The molecule has 6 heteroatoms. The van der Waals surface area contributed by atoms with E-state index in [0.29, 0.717) is 47.0 Å². The summed E-state index contributed by atoms with van der Waals surface area (Å²) < 4.78 is 21.6. The monoisotopic (exact) mass is 716 g/mol. The van der Waals surface area contributed by atoms with Crippen LogP contribution in [0.4, 0.5) is 0 Å². The number of rotatable bonds is 9. The van der Waals surface area contributed by atoms with E-state index in [-0.39, 0.29) is 31.7 Å². The summed E-state index contributed by atoms with van der Waals surface area (Å²) in [7, 11) is 0. The SMILES string of the molecule is CC1(C)CCC[C@@]2(C)[C@H]1CC[C@]1(C[Se]c3ccccc3)Oc3cc(OCc4ccccc4)c(OCc4ccccc4)c(Cl)c3C(O)[C@@H]12. The van der Waals surface area contributed by atoms with E-state index in [9.17, 15) is 5.11 Å². The second-order valence-electron chi connectivity index (χ2n) is 14.6. The predicted octanol–water partition coefficient (Wildman–Crippen LogP) is 9.35. The van der Waals surface area contributed by atoms with Crippen molar-refractivity contribution in [3.63, 3.8) is 0 Å². The average molecular weight is 716 g/mol. The second kappa shape index (κ2) is 13.2. The molecule has 4 aromatic rings. The van der Waals surface area contributed by atoms with E-state index in [0.717, 1.165) is 42.1 Å². The van der Waals surface area contributed by atoms with E-state index in [1.54, 1.807) is 0 Å². The molecule has 246 valence electrons. The Morgan fingerprint density at radius 2 is 1.45 bits per heavy atom. The number of hydrogen-bond donors (Lipinski definition) is 1. The van der Waals surface area contributed by atoms with Gasteiger partial charge in [-0.3, -0.25) is 0 Å². The van der Waals surface area contributed by atoms with E-state index in [1.807, 2.05) is 66.7 Å². The van der Waals surface area contributed by atoms with Gasteiger partial charge in [-0.15, -0.1) is 0 Å². The molecule has 4 nitrogen and oxygen atoms in total. The molecule has 0 aromatic heterocycles. The fraction of sp³-hybridized carbons (Fsp3) is 0.415. The fourth-order valence-corrected chi connectivity index (χ4v) is 11.9. The van der Waals surface area contributed by atoms with Crippen molar-refractivity contribution in [2.45, 2.75) is 83.1 Å². The van der Waals surface area contributed by atoms with Gasteiger partial charge in [0.05, 0.1) is 0 Å². The van der Waals surface area contributed by atoms with Gasteiger partial charge in [-0.1, -0.05) is 6.07 Å². The van der Waals surface area contributed by atoms with Crippen LogP contribution in [0.5, 0.6) is 17.2 Å². The number of aliphatic hydroxyl groups is 1. The Labute approximate surface area is 291 Å². The van der Waals surface area contributed by atoms with Crippen LogP contribution in [0.25, 0.3) is 0 Å². The zero-order chi connectivity index (χ0) is 32.6. The zero-order valence-electron chi connectivity index (χ0n) is 27.6. The van der Waals surface area contributed by atoms with Crippen LogP contribution in [-0.4, -0.2) is 25.7 Å². The van der Waals surface area contributed by atoms with Gasteiger partial charge in [-0.2, -0.15) is 0 Å². The predicted molar refractivity (Wildman–Crippen MR) is 190 cm³/mol. The van der Waals surface area contributed by atoms with Gasteiger partial charge in [0.2, 0.25) is 0 Å². The van der Waals surface area contributed by atoms with Gasteiger partial charge >= 0.3 is 286 Å². The normalized spacial score (nSPS) is 27.5. The molecular weight excluding hydrogens is 671 g/mol. The van der Waals surface area contributed by atoms with Crippen molar-refractivity contribution in [3.8, 4) is 17.2 Å². The summed E-state index contributed by atoms with van der Waals surface area (Å²) in [4.78, 5) is 0. The Morgan fingerprint density at radius 1 is 0.830 bits per heavy atom. The van der Waals surface area contributed by atoms with Crippen molar-refractivity contribution in [2.75, 3.05) is 0 Å². The van der Waals surface area contributed by atoms with Crippen LogP contribution >= 0.6 is 11.6 Å². The van der Waals surface area contributed by atoms with Crippen molar-refractivity contribution >= 4 is 31.0 Å². The van der Waals surface area contributed by atoms with Crippen LogP contribution in [0.15, 0.2) is 97.1 Å². The molecule has 0 saturated heterocycles. The first-order valence-electron chi connectivity index (χ1n) is 16.9. The molecule has 1 N–H and O–H groups in total. The number of ether oxygens (including phenoxy) is 3. The first kappa shape index (κ1) is 32.6. The molecule has 2 saturated carbocycles. The molecule has 1 heterocycles. The summed E-state index contributed by atoms with van der Waals surface area (Å²) >= 11 is 7.54. The first-order chi connectivity index (χ1) is 22.7. The Morgan fingerprint density at radius 3 is 2.11 bits per heavy atom. The third kappa shape index (κ3) is 6.21. The first-order valence-corrected chi connectivity index (χ1v) is 19.4. The minimum atomic E-state index is -0.790. The molecule has 47 heavy (non-hydrogen) atoms. The molecular formula is C41H45ClO4Se. The van der Waals surface area contributed by atoms with Gasteiger partial charge in [-0.25, -0.2) is 0 Å². The Hall–Kier alpha value is -2.95. The van der Waals surface area contributed by atoms with Gasteiger partial charge in [0.1, 0.15) is 0 Å². The average Bonchev–Trinajstić information content (AvgIpc) is 3.07. The quantitative estimate of drug-likeness (QED) is 0.176. The van der Waals surface area contributed by atoms with E-state index in [4.69, 9.17) is 25.8 Å². The third-order valence-corrected chi connectivity index (χ3v) is 14.2. The number of fused-ring (bicyclic) bond motifs is 4. The Bertz CT molecular complexity index is 1680. The number of halogens is 1. The molecule has 0 spiro atoms. The maximum atomic E-state index is 12.7. The fourth-order valence-electron chi connectivity index (χ4n) is 9.13. The van der Waals surface area contributed by atoms with Crippen molar-refractivity contribution in [2.24, 2.45) is 22.7 Å². The van der Waals surface area contributed by atoms with Crippen molar-refractivity contribution in [1.82, 2.24) is 0 Å². The standard InChI is InChI=1S/C41H45ClO4Se/c1-39(2)21-13-22-40(3)33(39)20-23-41(27-47-30-18-11-6-12-19-30)38(40)36(43)34-31(46-41)24-32(44-25-28-14-7-4-8-15-28)37(35(34)42)45-26-29-16-9-5-10-17-29/h4-12,14-19,24,33,36,38,43H,13,20-23,25-27H2,1-3H3/t33-,36?,38+,40-,41+/m0/s1. The number of benzene rings is 4. The van der Waals surface area contributed by atoms with Crippen molar-refractivity contribution < 1.29 is 19.3 Å². The topological polar surface area (TPSA) is 47.9 Å². The molecule has 4 aromatic carbocycles. The van der Waals surface area contributed by atoms with Crippen LogP contribution < -0.4 is 18.7 Å². The molecule has 1 aliphatic heterocycles. The van der Waals surface area contributed by atoms with Gasteiger partial charge in [0, 0.05) is 0 Å². The molecule has 0 bridgehead atoms. The molecule has 2 aliphatic carbocycles. The van der Waals surface area contributed by atoms with Crippen LogP contribution in [0.1, 0.15) is 75.7 Å². The molecule has 0 amide bonds. The summed E-state index contributed by atoms with van der Waals surface area (Å²) in [6.07, 6.45) is 4.67. The molecule has 2 fully saturated rings. The Balaban J connectivity index is 1.32. The summed E-state index contributed by atoms with van der Waals surface area (Å²) in [5.74, 6) is 2.00. The summed E-state index contributed by atoms with van der Waals surface area (Å²) in [6, 6.07) is 32.8. The molecule has 3 aliphatic rings. The van der Waals surface area contributed by atoms with Crippen molar-refractivity contribution in [3.05, 3.63) is 119 Å². The van der Waals surface area contributed by atoms with Crippen molar-refractivity contribution in [1.29, 1.82) is 0 Å². The molecule has 1 unspecified atom stereocenters. The van der Waals surface area contributed by atoms with Crippen LogP contribution in [-0.2, 0) is 13.2 Å². The number of aliphatic hydroxyl groups excluding tert-OH is 1. The van der Waals surface area contributed by atoms with E-state index in [2.05, 4.69) is 51.1 Å². The summed E-state index contributed by atoms with van der Waals surface area (Å²) in [6.45, 7) is 7.98. The molecule has 5 atom stereocenters. The van der Waals surface area contributed by atoms with Crippen LogP contribution in [0.3, 0.4) is 0 Å². The Kier molecular flexibility index (Phi) is 9.13. The van der Waals surface area contributed by atoms with Crippen LogP contribution in [0, 0.1) is 22.7 Å². The number of hydrogen-bond acceptors (Lipinski definition) is 4. The van der Waals surface area contributed by atoms with Crippen LogP contribution in [0.2, 0.25) is 10.3 Å². The maximum absolute atomic E-state index is 12.7. The van der Waals surface area contributed by atoms with E-state index < -0.39 is 11.7 Å². The van der Waals surface area contributed by atoms with Gasteiger partial charge in [-0.05, 0) is 0 Å². The third-order valence-electron chi connectivity index (χ3n) is 11.2. The zero-order valence-corrected chi connectivity index (χ0v) is 30.1. The van der Waals surface area contributed by atoms with Gasteiger partial charge in [0.25, 0.3) is 0 Å². The van der Waals surface area contributed by atoms with E-state index in [1.165, 1.54) is 10.9 Å². The summed E-state index contributed by atoms with van der Waals surface area (Å²) in [5, 5.41) is 14.0. The minimum absolute atomic E-state index is 0.0954. The second-order valence-corrected chi connectivity index (χ2v) is 17.2. The molecule has 7 rings (SSSR count). The summed E-state index contributed by atoms with van der Waals surface area (Å²) in [5.41, 5.74) is 2.31. The van der Waals surface area contributed by atoms with Gasteiger partial charge < -0.3 is 0 Å². The molecule has 0 radical (unpaired) electrons. The van der Waals surface area contributed by atoms with E-state index >= 15 is 0 Å². The van der Waals surface area contributed by atoms with Gasteiger partial charge in [0.15, 0.2) is 0 Å².